The first-order valence-electron chi connectivity index (χ1n) is 14.0. The van der Waals surface area contributed by atoms with Crippen molar-refractivity contribution in [3.8, 4) is 17.1 Å². The van der Waals surface area contributed by atoms with E-state index in [2.05, 4.69) is 146 Å². The standard InChI is InChI=1S/C36H25BrN4/c37-26-17-16-25-21-39-22-40(33(25)19-26)20-24-15-14-23(18-32(24)39)36-38-34-30-12-6-4-10-28(30)29-11-5-7-13-31(29)35(34)41(36)27-8-2-1-3-9-27/h1-19H,20-22H2. The number of hydrogen-bond acceptors (Lipinski definition) is 3. The third-order valence-electron chi connectivity index (χ3n) is 8.68. The van der Waals surface area contributed by atoms with Gasteiger partial charge >= 0.3 is 0 Å². The SMILES string of the molecule is Brc1ccc2c(c1)N1Cc3ccc(-c4nc5c6ccccc6c6ccccc6c5n4-c4ccccc4)cc3N(C2)C1. The Bertz CT molecular complexity index is 2160. The van der Waals surface area contributed by atoms with Crippen LogP contribution in [0.5, 0.6) is 0 Å². The summed E-state index contributed by atoms with van der Waals surface area (Å²) in [5, 5.41) is 4.90. The summed E-state index contributed by atoms with van der Waals surface area (Å²) in [6, 6.07) is 41.6. The van der Waals surface area contributed by atoms with Crippen LogP contribution in [0.2, 0.25) is 0 Å². The minimum atomic E-state index is 0.893. The molecule has 41 heavy (non-hydrogen) atoms. The Morgan fingerprint density at radius 2 is 1.20 bits per heavy atom. The quantitative estimate of drug-likeness (QED) is 0.187. The van der Waals surface area contributed by atoms with Crippen molar-refractivity contribution in [2.75, 3.05) is 16.5 Å². The number of rotatable bonds is 2. The Morgan fingerprint density at radius 1 is 0.585 bits per heavy atom. The van der Waals surface area contributed by atoms with Gasteiger partial charge in [0.15, 0.2) is 0 Å². The molecule has 0 amide bonds. The van der Waals surface area contributed by atoms with Crippen molar-refractivity contribution in [3.05, 3.63) is 131 Å². The van der Waals surface area contributed by atoms with Gasteiger partial charge in [-0.25, -0.2) is 4.98 Å². The van der Waals surface area contributed by atoms with Crippen LogP contribution in [0.15, 0.2) is 120 Å². The van der Waals surface area contributed by atoms with E-state index in [1.54, 1.807) is 0 Å². The second-order valence-corrected chi connectivity index (χ2v) is 12.0. The molecule has 0 aliphatic carbocycles. The number of aromatic nitrogens is 2. The molecule has 3 heterocycles. The zero-order valence-corrected chi connectivity index (χ0v) is 23.8. The van der Waals surface area contributed by atoms with Crippen LogP contribution in [-0.4, -0.2) is 16.2 Å². The highest BCUT2D eigenvalue weighted by Crippen LogP contribution is 2.43. The van der Waals surface area contributed by atoms with Gasteiger partial charge in [0.25, 0.3) is 0 Å². The van der Waals surface area contributed by atoms with Gasteiger partial charge in [-0.1, -0.05) is 101 Å². The van der Waals surface area contributed by atoms with E-state index in [9.17, 15) is 0 Å². The molecule has 2 aliphatic heterocycles. The molecule has 0 fully saturated rings. The molecule has 0 unspecified atom stereocenters. The summed E-state index contributed by atoms with van der Waals surface area (Å²) in [7, 11) is 0. The largest absolute Gasteiger partial charge is 0.349 e. The molecule has 4 nitrogen and oxygen atoms in total. The van der Waals surface area contributed by atoms with Crippen molar-refractivity contribution in [3.63, 3.8) is 0 Å². The van der Waals surface area contributed by atoms with Gasteiger partial charge in [0.05, 0.1) is 17.7 Å². The fourth-order valence-corrected chi connectivity index (χ4v) is 7.21. The van der Waals surface area contributed by atoms with Crippen LogP contribution in [0.25, 0.3) is 49.7 Å². The first-order valence-corrected chi connectivity index (χ1v) is 14.8. The van der Waals surface area contributed by atoms with Crippen LogP contribution in [-0.2, 0) is 13.1 Å². The van der Waals surface area contributed by atoms with E-state index in [-0.39, 0.29) is 0 Å². The lowest BCUT2D eigenvalue weighted by atomic mass is 9.99. The topological polar surface area (TPSA) is 24.3 Å². The van der Waals surface area contributed by atoms with E-state index in [0.29, 0.717) is 0 Å². The third-order valence-corrected chi connectivity index (χ3v) is 9.18. The van der Waals surface area contributed by atoms with E-state index in [0.717, 1.165) is 52.3 Å². The Hall–Kier alpha value is -4.61. The number of hydrogen-bond donors (Lipinski definition) is 0. The van der Waals surface area contributed by atoms with Crippen LogP contribution < -0.4 is 9.80 Å². The maximum Gasteiger partial charge on any atom is 0.145 e. The van der Waals surface area contributed by atoms with Gasteiger partial charge in [0, 0.05) is 51.0 Å². The van der Waals surface area contributed by atoms with Gasteiger partial charge in [-0.15, -0.1) is 0 Å². The van der Waals surface area contributed by atoms with E-state index >= 15 is 0 Å². The lowest BCUT2D eigenvalue weighted by molar-refractivity contribution is 0.651. The summed E-state index contributed by atoms with van der Waals surface area (Å²) in [6.45, 7) is 2.70. The molecule has 0 saturated carbocycles. The Morgan fingerprint density at radius 3 is 1.95 bits per heavy atom. The lowest BCUT2D eigenvalue weighted by Gasteiger charge is -2.45. The molecule has 6 aromatic carbocycles. The summed E-state index contributed by atoms with van der Waals surface area (Å²) in [4.78, 5) is 10.4. The van der Waals surface area contributed by atoms with Gasteiger partial charge in [0.1, 0.15) is 5.82 Å². The molecule has 0 spiro atoms. The third kappa shape index (κ3) is 3.42. The fraction of sp³-hybridized carbons (Fsp3) is 0.0833. The normalized spacial score (nSPS) is 14.1. The molecule has 0 atom stereocenters. The highest BCUT2D eigenvalue weighted by Gasteiger charge is 2.30. The molecule has 7 aromatic rings. The molecular weight excluding hydrogens is 568 g/mol. The summed E-state index contributed by atoms with van der Waals surface area (Å²) in [5.74, 6) is 0.972. The molecular formula is C36H25BrN4. The Kier molecular flexibility index (Phi) is 4.90. The maximum absolute atomic E-state index is 5.44. The molecule has 2 aliphatic rings. The summed E-state index contributed by atoms with van der Waals surface area (Å²) in [6.07, 6.45) is 0. The maximum atomic E-state index is 5.44. The number of imidazole rings is 1. The van der Waals surface area contributed by atoms with Gasteiger partial charge in [-0.05, 0) is 52.2 Å². The average molecular weight is 594 g/mol. The van der Waals surface area contributed by atoms with Crippen molar-refractivity contribution in [2.45, 2.75) is 13.1 Å². The van der Waals surface area contributed by atoms with Gasteiger partial charge in [-0.2, -0.15) is 0 Å². The first-order chi connectivity index (χ1) is 20.2. The second kappa shape index (κ2) is 8.69. The monoisotopic (exact) mass is 592 g/mol. The average Bonchev–Trinajstić information content (AvgIpc) is 3.43. The van der Waals surface area contributed by atoms with Crippen LogP contribution >= 0.6 is 15.9 Å². The number of nitrogens with zero attached hydrogens (tertiary/aromatic N) is 4. The zero-order valence-electron chi connectivity index (χ0n) is 22.3. The van der Waals surface area contributed by atoms with E-state index < -0.39 is 0 Å². The molecule has 9 rings (SSSR count). The predicted molar refractivity (Wildman–Crippen MR) is 173 cm³/mol. The van der Waals surface area contributed by atoms with Crippen LogP contribution in [0.4, 0.5) is 11.4 Å². The summed E-state index contributed by atoms with van der Waals surface area (Å²) < 4.78 is 3.50. The number of benzene rings is 6. The summed E-state index contributed by atoms with van der Waals surface area (Å²) >= 11 is 3.67. The van der Waals surface area contributed by atoms with Gasteiger partial charge in [-0.3, -0.25) is 4.57 Å². The van der Waals surface area contributed by atoms with E-state index in [4.69, 9.17) is 4.98 Å². The van der Waals surface area contributed by atoms with E-state index in [1.165, 1.54) is 44.0 Å². The highest BCUT2D eigenvalue weighted by molar-refractivity contribution is 9.10. The van der Waals surface area contributed by atoms with Crippen LogP contribution in [0.3, 0.4) is 0 Å². The van der Waals surface area contributed by atoms with Crippen molar-refractivity contribution in [1.82, 2.24) is 9.55 Å². The second-order valence-electron chi connectivity index (χ2n) is 11.0. The molecule has 0 saturated heterocycles. The Balaban J connectivity index is 1.30. The minimum absolute atomic E-state index is 0.893. The summed E-state index contributed by atoms with van der Waals surface area (Å²) in [5.41, 5.74) is 9.79. The van der Waals surface area contributed by atoms with Crippen LogP contribution in [0.1, 0.15) is 11.1 Å². The molecule has 5 heteroatoms. The fourth-order valence-electron chi connectivity index (χ4n) is 6.86. The van der Waals surface area contributed by atoms with Crippen molar-refractivity contribution in [1.29, 1.82) is 0 Å². The van der Waals surface area contributed by atoms with E-state index in [1.807, 2.05) is 0 Å². The highest BCUT2D eigenvalue weighted by atomic mass is 79.9. The molecule has 2 bridgehead atoms. The van der Waals surface area contributed by atoms with Gasteiger partial charge in [0.2, 0.25) is 0 Å². The Labute approximate surface area is 246 Å². The molecule has 1 aromatic heterocycles. The lowest BCUT2D eigenvalue weighted by Crippen LogP contribution is -2.46. The number of fused-ring (bicyclic) bond motifs is 12. The number of halogens is 1. The number of anilines is 2. The van der Waals surface area contributed by atoms with Crippen LogP contribution in [0, 0.1) is 0 Å². The first kappa shape index (κ1) is 23.1. The smallest absolute Gasteiger partial charge is 0.145 e. The molecule has 196 valence electrons. The van der Waals surface area contributed by atoms with Crippen molar-refractivity contribution in [2.24, 2.45) is 0 Å². The number of para-hydroxylation sites is 1. The van der Waals surface area contributed by atoms with Crippen molar-refractivity contribution >= 4 is 59.9 Å². The minimum Gasteiger partial charge on any atom is -0.349 e. The molecule has 0 N–H and O–H groups in total. The molecule has 0 radical (unpaired) electrons. The predicted octanol–water partition coefficient (Wildman–Crippen LogP) is 9.06. The zero-order chi connectivity index (χ0) is 27.1. The van der Waals surface area contributed by atoms with Gasteiger partial charge < -0.3 is 9.80 Å². The van der Waals surface area contributed by atoms with Crippen molar-refractivity contribution < 1.29 is 0 Å².